The first-order valence-electron chi connectivity index (χ1n) is 8.18. The molecule has 5 nitrogen and oxygen atoms in total. The van der Waals surface area contributed by atoms with Gasteiger partial charge in [0.1, 0.15) is 17.3 Å². The zero-order valence-corrected chi connectivity index (χ0v) is 15.6. The Kier molecular flexibility index (Phi) is 5.19. The van der Waals surface area contributed by atoms with Gasteiger partial charge < -0.3 is 10.6 Å². The van der Waals surface area contributed by atoms with Crippen molar-refractivity contribution in [3.8, 4) is 0 Å². The largest absolute Gasteiger partial charge is 0.339 e. The average molecular weight is 367 g/mol. The lowest BCUT2D eigenvalue weighted by Crippen LogP contribution is -2.16. The van der Waals surface area contributed by atoms with E-state index in [-0.39, 0.29) is 11.6 Å². The number of nitrogens with zero attached hydrogens (tertiary/aromatic N) is 2. The highest BCUT2D eigenvalue weighted by atomic mass is 35.5. The zero-order valence-electron chi connectivity index (χ0n) is 14.8. The molecule has 0 spiro atoms. The summed E-state index contributed by atoms with van der Waals surface area (Å²) in [6, 6.07) is 14.8. The monoisotopic (exact) mass is 366 g/mol. The van der Waals surface area contributed by atoms with Crippen LogP contribution < -0.4 is 10.6 Å². The molecule has 2 N–H and O–H groups in total. The summed E-state index contributed by atoms with van der Waals surface area (Å²) in [7, 11) is 0. The van der Waals surface area contributed by atoms with Crippen molar-refractivity contribution in [1.29, 1.82) is 0 Å². The number of aromatic nitrogens is 2. The Morgan fingerprint density at radius 1 is 0.962 bits per heavy atom. The molecular formula is C20H19ClN4O. The van der Waals surface area contributed by atoms with E-state index in [2.05, 4.69) is 20.6 Å². The number of carbonyl (C=O) groups is 1. The van der Waals surface area contributed by atoms with Crippen LogP contribution in [0.2, 0.25) is 5.02 Å². The molecule has 0 unspecified atom stereocenters. The highest BCUT2D eigenvalue weighted by Crippen LogP contribution is 2.24. The molecule has 1 amide bonds. The van der Waals surface area contributed by atoms with Gasteiger partial charge in [0.2, 0.25) is 0 Å². The van der Waals surface area contributed by atoms with Crippen LogP contribution in [0.25, 0.3) is 0 Å². The van der Waals surface area contributed by atoms with Gasteiger partial charge in [-0.15, -0.1) is 0 Å². The number of carbonyl (C=O) groups excluding carboxylic acids is 1. The van der Waals surface area contributed by atoms with E-state index in [0.29, 0.717) is 22.4 Å². The molecule has 0 fully saturated rings. The maximum Gasteiger partial charge on any atom is 0.274 e. The third kappa shape index (κ3) is 4.18. The van der Waals surface area contributed by atoms with Gasteiger partial charge in [0.15, 0.2) is 0 Å². The molecule has 1 heterocycles. The molecule has 0 saturated carbocycles. The van der Waals surface area contributed by atoms with E-state index >= 15 is 0 Å². The van der Waals surface area contributed by atoms with Gasteiger partial charge in [-0.1, -0.05) is 41.4 Å². The minimum atomic E-state index is -0.287. The van der Waals surface area contributed by atoms with Crippen LogP contribution in [0.1, 0.15) is 27.4 Å². The van der Waals surface area contributed by atoms with Crippen molar-refractivity contribution < 1.29 is 4.79 Å². The van der Waals surface area contributed by atoms with Crippen molar-refractivity contribution in [3.05, 3.63) is 76.2 Å². The van der Waals surface area contributed by atoms with E-state index < -0.39 is 0 Å². The number of benzene rings is 2. The van der Waals surface area contributed by atoms with Crippen LogP contribution in [0.5, 0.6) is 0 Å². The lowest BCUT2D eigenvalue weighted by atomic mass is 10.1. The maximum atomic E-state index is 12.6. The Balaban J connectivity index is 1.85. The summed E-state index contributed by atoms with van der Waals surface area (Å²) in [6.45, 7) is 5.71. The summed E-state index contributed by atoms with van der Waals surface area (Å²) >= 11 is 6.17. The number of para-hydroxylation sites is 1. The molecular weight excluding hydrogens is 348 g/mol. The Bertz CT molecular complexity index is 972. The molecule has 1 aromatic heterocycles. The van der Waals surface area contributed by atoms with Crippen LogP contribution >= 0.6 is 11.6 Å². The van der Waals surface area contributed by atoms with Crippen LogP contribution in [0, 0.1) is 20.8 Å². The molecule has 0 radical (unpaired) electrons. The molecule has 0 saturated heterocycles. The quantitative estimate of drug-likeness (QED) is 0.678. The third-order valence-electron chi connectivity index (χ3n) is 3.84. The highest BCUT2D eigenvalue weighted by molar-refractivity contribution is 6.33. The summed E-state index contributed by atoms with van der Waals surface area (Å²) < 4.78 is 0. The van der Waals surface area contributed by atoms with Crippen molar-refractivity contribution >= 4 is 34.7 Å². The van der Waals surface area contributed by atoms with Crippen LogP contribution in [0.15, 0.2) is 48.5 Å². The molecule has 0 aliphatic heterocycles. The van der Waals surface area contributed by atoms with Gasteiger partial charge in [-0.25, -0.2) is 9.97 Å². The van der Waals surface area contributed by atoms with E-state index in [0.717, 1.165) is 16.8 Å². The Morgan fingerprint density at radius 2 is 1.73 bits per heavy atom. The van der Waals surface area contributed by atoms with Gasteiger partial charge in [0.05, 0.1) is 10.7 Å². The van der Waals surface area contributed by atoms with Gasteiger partial charge in [-0.3, -0.25) is 4.79 Å². The Labute approximate surface area is 157 Å². The molecule has 0 aliphatic rings. The van der Waals surface area contributed by atoms with E-state index in [9.17, 15) is 4.79 Å². The van der Waals surface area contributed by atoms with Crippen molar-refractivity contribution in [2.45, 2.75) is 20.8 Å². The minimum absolute atomic E-state index is 0.284. The zero-order chi connectivity index (χ0) is 18.7. The SMILES string of the molecule is Cc1ccc(NC(=O)c2cc(Nc3ccccc3Cl)nc(C)n2)c(C)c1. The number of anilines is 3. The predicted molar refractivity (Wildman–Crippen MR) is 105 cm³/mol. The molecule has 6 heteroatoms. The molecule has 3 rings (SSSR count). The Morgan fingerprint density at radius 3 is 2.46 bits per heavy atom. The minimum Gasteiger partial charge on any atom is -0.339 e. The van der Waals surface area contributed by atoms with E-state index in [1.165, 1.54) is 0 Å². The van der Waals surface area contributed by atoms with Crippen molar-refractivity contribution in [2.24, 2.45) is 0 Å². The lowest BCUT2D eigenvalue weighted by Gasteiger charge is -2.11. The van der Waals surface area contributed by atoms with Crippen molar-refractivity contribution in [1.82, 2.24) is 9.97 Å². The number of halogens is 1. The fourth-order valence-electron chi connectivity index (χ4n) is 2.59. The van der Waals surface area contributed by atoms with E-state index in [4.69, 9.17) is 11.6 Å². The number of rotatable bonds is 4. The first kappa shape index (κ1) is 17.9. The molecule has 2 aromatic carbocycles. The molecule has 26 heavy (non-hydrogen) atoms. The van der Waals surface area contributed by atoms with Crippen molar-refractivity contribution in [3.63, 3.8) is 0 Å². The molecule has 3 aromatic rings. The second-order valence-electron chi connectivity index (χ2n) is 6.06. The van der Waals surface area contributed by atoms with Gasteiger partial charge in [-0.05, 0) is 44.5 Å². The third-order valence-corrected chi connectivity index (χ3v) is 4.17. The van der Waals surface area contributed by atoms with Crippen LogP contribution in [0.3, 0.4) is 0 Å². The number of nitrogens with one attached hydrogen (secondary N) is 2. The van der Waals surface area contributed by atoms with Crippen molar-refractivity contribution in [2.75, 3.05) is 10.6 Å². The average Bonchev–Trinajstić information content (AvgIpc) is 2.59. The normalized spacial score (nSPS) is 10.5. The van der Waals surface area contributed by atoms with Gasteiger partial charge >= 0.3 is 0 Å². The second-order valence-corrected chi connectivity index (χ2v) is 6.47. The van der Waals surface area contributed by atoms with Crippen LogP contribution in [-0.4, -0.2) is 15.9 Å². The first-order valence-corrected chi connectivity index (χ1v) is 8.56. The van der Waals surface area contributed by atoms with Gasteiger partial charge in [0.25, 0.3) is 5.91 Å². The molecule has 0 atom stereocenters. The lowest BCUT2D eigenvalue weighted by molar-refractivity contribution is 0.102. The summed E-state index contributed by atoms with van der Waals surface area (Å²) in [4.78, 5) is 21.2. The molecule has 0 aliphatic carbocycles. The standard InChI is InChI=1S/C20H19ClN4O/c1-12-8-9-16(13(2)10-12)25-20(26)18-11-19(23-14(3)22-18)24-17-7-5-4-6-15(17)21/h4-11H,1-3H3,(H,25,26)(H,22,23,24). The Hall–Kier alpha value is -2.92. The smallest absolute Gasteiger partial charge is 0.274 e. The maximum absolute atomic E-state index is 12.6. The fraction of sp³-hybridized carbons (Fsp3) is 0.150. The van der Waals surface area contributed by atoms with Crippen LogP contribution in [0.4, 0.5) is 17.2 Å². The fourth-order valence-corrected chi connectivity index (χ4v) is 2.77. The first-order chi connectivity index (χ1) is 12.4. The van der Waals surface area contributed by atoms with E-state index in [1.54, 1.807) is 19.1 Å². The van der Waals surface area contributed by atoms with Gasteiger partial charge in [0, 0.05) is 11.8 Å². The number of hydrogen-bond acceptors (Lipinski definition) is 4. The van der Waals surface area contributed by atoms with Crippen LogP contribution in [-0.2, 0) is 0 Å². The summed E-state index contributed by atoms with van der Waals surface area (Å²) in [5.41, 5.74) is 3.90. The van der Waals surface area contributed by atoms with Gasteiger partial charge in [-0.2, -0.15) is 0 Å². The highest BCUT2D eigenvalue weighted by Gasteiger charge is 2.13. The number of amides is 1. The number of hydrogen-bond donors (Lipinski definition) is 2. The van der Waals surface area contributed by atoms with E-state index in [1.807, 2.05) is 50.2 Å². The number of aryl methyl sites for hydroxylation is 3. The predicted octanol–water partition coefficient (Wildman–Crippen LogP) is 5.05. The summed E-state index contributed by atoms with van der Waals surface area (Å²) in [5, 5.41) is 6.60. The summed E-state index contributed by atoms with van der Waals surface area (Å²) in [6.07, 6.45) is 0. The molecule has 0 bridgehead atoms. The topological polar surface area (TPSA) is 66.9 Å². The second kappa shape index (κ2) is 7.54. The molecule has 132 valence electrons. The summed E-state index contributed by atoms with van der Waals surface area (Å²) in [5.74, 6) is 0.717.